The molecule has 1 atom stereocenters. The molecule has 1 unspecified atom stereocenters. The van der Waals surface area contributed by atoms with Crippen molar-refractivity contribution in [2.45, 2.75) is 33.1 Å². The Labute approximate surface area is 97.9 Å². The van der Waals surface area contributed by atoms with E-state index in [1.165, 1.54) is 5.57 Å². The Morgan fingerprint density at radius 2 is 2.44 bits per heavy atom. The van der Waals surface area contributed by atoms with Crippen LogP contribution in [0.2, 0.25) is 0 Å². The van der Waals surface area contributed by atoms with Gasteiger partial charge in [-0.15, -0.1) is 0 Å². The van der Waals surface area contributed by atoms with Gasteiger partial charge in [0.2, 0.25) is 5.91 Å². The molecule has 0 radical (unpaired) electrons. The normalized spacial score (nSPS) is 30.4. The van der Waals surface area contributed by atoms with Crippen molar-refractivity contribution in [2.24, 2.45) is 5.41 Å². The van der Waals surface area contributed by atoms with Crippen molar-refractivity contribution in [2.75, 3.05) is 26.2 Å². The highest BCUT2D eigenvalue weighted by molar-refractivity contribution is 5.83. The van der Waals surface area contributed by atoms with Crippen LogP contribution in [0, 0.1) is 5.41 Å². The molecule has 0 aromatic rings. The first-order chi connectivity index (χ1) is 7.68. The summed E-state index contributed by atoms with van der Waals surface area (Å²) in [6.07, 6.45) is 5.19. The molecular weight excluding hydrogens is 200 g/mol. The number of nitrogens with zero attached hydrogens (tertiary/aromatic N) is 1. The maximum Gasteiger partial charge on any atom is 0.230 e. The topological polar surface area (TPSA) is 32.3 Å². The Morgan fingerprint density at radius 1 is 1.62 bits per heavy atom. The molecule has 3 heteroatoms. The van der Waals surface area contributed by atoms with Crippen LogP contribution in [-0.2, 0) is 4.79 Å². The zero-order valence-corrected chi connectivity index (χ0v) is 10.4. The fourth-order valence-electron chi connectivity index (χ4n) is 2.67. The minimum absolute atomic E-state index is 0.112. The van der Waals surface area contributed by atoms with Crippen molar-refractivity contribution in [3.63, 3.8) is 0 Å². The van der Waals surface area contributed by atoms with Gasteiger partial charge in [0, 0.05) is 19.6 Å². The smallest absolute Gasteiger partial charge is 0.230 e. The van der Waals surface area contributed by atoms with Crippen molar-refractivity contribution in [1.29, 1.82) is 0 Å². The molecule has 2 aliphatic rings. The minimum atomic E-state index is -0.112. The second-order valence-corrected chi connectivity index (χ2v) is 5.11. The molecule has 16 heavy (non-hydrogen) atoms. The van der Waals surface area contributed by atoms with E-state index in [1.54, 1.807) is 0 Å². The van der Waals surface area contributed by atoms with Crippen LogP contribution in [0.1, 0.15) is 33.1 Å². The molecule has 0 aromatic carbocycles. The van der Waals surface area contributed by atoms with Gasteiger partial charge in [-0.3, -0.25) is 4.79 Å². The van der Waals surface area contributed by atoms with Gasteiger partial charge in [0.1, 0.15) is 0 Å². The number of hydrogen-bond acceptors (Lipinski definition) is 2. The van der Waals surface area contributed by atoms with Gasteiger partial charge in [-0.25, -0.2) is 0 Å². The highest BCUT2D eigenvalue weighted by Crippen LogP contribution is 2.32. The molecule has 1 N–H and O–H groups in total. The molecule has 3 nitrogen and oxygen atoms in total. The molecule has 0 spiro atoms. The van der Waals surface area contributed by atoms with Crippen LogP contribution in [0.25, 0.3) is 0 Å². The number of carbonyl (C=O) groups is 1. The first-order valence-corrected chi connectivity index (χ1v) is 6.34. The van der Waals surface area contributed by atoms with Gasteiger partial charge in [-0.1, -0.05) is 18.6 Å². The summed E-state index contributed by atoms with van der Waals surface area (Å²) in [5.41, 5.74) is 1.30. The Bertz CT molecular complexity index is 303. The standard InChI is InChI=1S/C13H22N2O/c1-3-13(6-7-14-10-13)12(16)15-8-4-11(2)5-9-15/h4,14H,3,5-10H2,1-2H3. The average Bonchev–Trinajstić information content (AvgIpc) is 2.79. The lowest BCUT2D eigenvalue weighted by Crippen LogP contribution is -2.46. The average molecular weight is 222 g/mol. The molecule has 0 aromatic heterocycles. The van der Waals surface area contributed by atoms with Gasteiger partial charge in [-0.2, -0.15) is 0 Å². The Kier molecular flexibility index (Phi) is 3.33. The molecule has 1 fully saturated rings. The third kappa shape index (κ3) is 2.01. The third-order valence-electron chi connectivity index (χ3n) is 4.10. The second-order valence-electron chi connectivity index (χ2n) is 5.11. The number of hydrogen-bond donors (Lipinski definition) is 1. The molecule has 2 rings (SSSR count). The zero-order valence-electron chi connectivity index (χ0n) is 10.4. The van der Waals surface area contributed by atoms with Crippen molar-refractivity contribution >= 4 is 5.91 Å². The highest BCUT2D eigenvalue weighted by atomic mass is 16.2. The first kappa shape index (κ1) is 11.6. The summed E-state index contributed by atoms with van der Waals surface area (Å²) in [6, 6.07) is 0. The van der Waals surface area contributed by atoms with E-state index in [2.05, 4.69) is 25.2 Å². The number of amides is 1. The van der Waals surface area contributed by atoms with E-state index in [1.807, 2.05) is 4.90 Å². The molecule has 90 valence electrons. The monoisotopic (exact) mass is 222 g/mol. The molecule has 1 saturated heterocycles. The van der Waals surface area contributed by atoms with E-state index in [-0.39, 0.29) is 5.41 Å². The Morgan fingerprint density at radius 3 is 2.94 bits per heavy atom. The van der Waals surface area contributed by atoms with Crippen LogP contribution < -0.4 is 5.32 Å². The van der Waals surface area contributed by atoms with E-state index in [0.29, 0.717) is 5.91 Å². The number of carbonyl (C=O) groups excluding carboxylic acids is 1. The highest BCUT2D eigenvalue weighted by Gasteiger charge is 2.41. The molecule has 2 heterocycles. The predicted molar refractivity (Wildman–Crippen MR) is 65.2 cm³/mol. The lowest BCUT2D eigenvalue weighted by molar-refractivity contribution is -0.141. The fraction of sp³-hybridized carbons (Fsp3) is 0.769. The predicted octanol–water partition coefficient (Wildman–Crippen LogP) is 1.55. The minimum Gasteiger partial charge on any atom is -0.338 e. The molecule has 0 aliphatic carbocycles. The van der Waals surface area contributed by atoms with Crippen LogP contribution >= 0.6 is 0 Å². The van der Waals surface area contributed by atoms with Gasteiger partial charge in [0.05, 0.1) is 5.41 Å². The lowest BCUT2D eigenvalue weighted by Gasteiger charge is -2.34. The molecule has 2 aliphatic heterocycles. The van der Waals surface area contributed by atoms with Gasteiger partial charge >= 0.3 is 0 Å². The zero-order chi connectivity index (χ0) is 11.6. The van der Waals surface area contributed by atoms with Crippen molar-refractivity contribution in [3.05, 3.63) is 11.6 Å². The molecule has 1 amide bonds. The summed E-state index contributed by atoms with van der Waals surface area (Å²) >= 11 is 0. The summed E-state index contributed by atoms with van der Waals surface area (Å²) < 4.78 is 0. The van der Waals surface area contributed by atoms with E-state index < -0.39 is 0 Å². The number of nitrogens with one attached hydrogen (secondary N) is 1. The van der Waals surface area contributed by atoms with Crippen LogP contribution in [0.5, 0.6) is 0 Å². The fourth-order valence-corrected chi connectivity index (χ4v) is 2.67. The molecule has 0 saturated carbocycles. The van der Waals surface area contributed by atoms with E-state index in [0.717, 1.165) is 45.4 Å². The maximum absolute atomic E-state index is 12.5. The van der Waals surface area contributed by atoms with Crippen LogP contribution in [0.15, 0.2) is 11.6 Å². The van der Waals surface area contributed by atoms with Crippen LogP contribution in [0.3, 0.4) is 0 Å². The van der Waals surface area contributed by atoms with E-state index in [9.17, 15) is 4.79 Å². The van der Waals surface area contributed by atoms with Crippen molar-refractivity contribution in [1.82, 2.24) is 10.2 Å². The number of rotatable bonds is 2. The third-order valence-corrected chi connectivity index (χ3v) is 4.10. The van der Waals surface area contributed by atoms with Crippen LogP contribution in [0.4, 0.5) is 0 Å². The largest absolute Gasteiger partial charge is 0.338 e. The maximum atomic E-state index is 12.5. The van der Waals surface area contributed by atoms with E-state index in [4.69, 9.17) is 0 Å². The van der Waals surface area contributed by atoms with Gasteiger partial charge in [-0.05, 0) is 32.7 Å². The summed E-state index contributed by atoms with van der Waals surface area (Å²) in [4.78, 5) is 14.5. The quantitative estimate of drug-likeness (QED) is 0.719. The van der Waals surface area contributed by atoms with Crippen molar-refractivity contribution < 1.29 is 4.79 Å². The molecular formula is C13H22N2O. The summed E-state index contributed by atoms with van der Waals surface area (Å²) in [6.45, 7) is 7.85. The first-order valence-electron chi connectivity index (χ1n) is 6.34. The lowest BCUT2D eigenvalue weighted by atomic mass is 9.82. The summed E-state index contributed by atoms with van der Waals surface area (Å²) in [5, 5.41) is 3.33. The Balaban J connectivity index is 2.06. The van der Waals surface area contributed by atoms with Gasteiger partial charge in [0.15, 0.2) is 0 Å². The molecule has 0 bridgehead atoms. The second kappa shape index (κ2) is 4.58. The SMILES string of the molecule is CCC1(C(=O)N2CC=C(C)CC2)CCNC1. The Hall–Kier alpha value is -0.830. The van der Waals surface area contributed by atoms with E-state index >= 15 is 0 Å². The summed E-state index contributed by atoms with van der Waals surface area (Å²) in [7, 11) is 0. The summed E-state index contributed by atoms with van der Waals surface area (Å²) in [5.74, 6) is 0.365. The van der Waals surface area contributed by atoms with Gasteiger partial charge in [0.25, 0.3) is 0 Å². The van der Waals surface area contributed by atoms with Gasteiger partial charge < -0.3 is 10.2 Å². The van der Waals surface area contributed by atoms with Crippen LogP contribution in [-0.4, -0.2) is 37.0 Å². The van der Waals surface area contributed by atoms with Crippen molar-refractivity contribution in [3.8, 4) is 0 Å².